The lowest BCUT2D eigenvalue weighted by molar-refractivity contribution is -0.132. The number of carboxylic acid groups (broad SMARTS) is 1. The van der Waals surface area contributed by atoms with Crippen LogP contribution in [0.15, 0.2) is 60.2 Å². The van der Waals surface area contributed by atoms with Gasteiger partial charge in [-0.15, -0.1) is 0 Å². The molecule has 33 heavy (non-hydrogen) atoms. The Morgan fingerprint density at radius 1 is 1.03 bits per heavy atom. The number of benzene rings is 2. The molecule has 0 radical (unpaired) electrons. The van der Waals surface area contributed by atoms with E-state index in [1.54, 1.807) is 0 Å². The van der Waals surface area contributed by atoms with E-state index in [2.05, 4.69) is 34.9 Å². The third-order valence-corrected chi connectivity index (χ3v) is 6.52. The van der Waals surface area contributed by atoms with Crippen LogP contribution in [0.1, 0.15) is 43.2 Å². The molecule has 0 aliphatic heterocycles. The highest BCUT2D eigenvalue weighted by molar-refractivity contribution is 5.86. The SMILES string of the molecule is C/C(=C\CNC(=O)[C@H]1CCC[C@H]1NC(=O)OCC1c2ccccc2-c2ccccc21)C(=O)O. The van der Waals surface area contributed by atoms with Crippen molar-refractivity contribution in [3.8, 4) is 11.1 Å². The van der Waals surface area contributed by atoms with Crippen molar-refractivity contribution in [2.24, 2.45) is 5.92 Å². The Morgan fingerprint density at radius 3 is 2.30 bits per heavy atom. The van der Waals surface area contributed by atoms with E-state index >= 15 is 0 Å². The lowest BCUT2D eigenvalue weighted by atomic mass is 9.98. The summed E-state index contributed by atoms with van der Waals surface area (Å²) in [7, 11) is 0. The van der Waals surface area contributed by atoms with Crippen LogP contribution in [0.3, 0.4) is 0 Å². The fourth-order valence-corrected chi connectivity index (χ4v) is 4.76. The molecule has 0 bridgehead atoms. The fourth-order valence-electron chi connectivity index (χ4n) is 4.76. The average molecular weight is 449 g/mol. The summed E-state index contributed by atoms with van der Waals surface area (Å²) < 4.78 is 5.61. The molecule has 2 aromatic carbocycles. The zero-order valence-corrected chi connectivity index (χ0v) is 18.5. The summed E-state index contributed by atoms with van der Waals surface area (Å²) in [5.74, 6) is -1.58. The van der Waals surface area contributed by atoms with Crippen molar-refractivity contribution in [2.45, 2.75) is 38.1 Å². The molecule has 0 spiro atoms. The number of alkyl carbamates (subject to hydrolysis) is 1. The Kier molecular flexibility index (Phi) is 6.77. The molecular formula is C26H28N2O5. The first-order valence-corrected chi connectivity index (χ1v) is 11.2. The number of fused-ring (bicyclic) bond motifs is 3. The third-order valence-electron chi connectivity index (χ3n) is 6.52. The predicted octanol–water partition coefficient (Wildman–Crippen LogP) is 3.84. The van der Waals surface area contributed by atoms with E-state index in [0.717, 1.165) is 17.5 Å². The second-order valence-electron chi connectivity index (χ2n) is 8.55. The molecule has 2 aliphatic carbocycles. The first-order chi connectivity index (χ1) is 16.0. The summed E-state index contributed by atoms with van der Waals surface area (Å²) in [6, 6.07) is 16.0. The normalized spacial score (nSPS) is 19.5. The van der Waals surface area contributed by atoms with Gasteiger partial charge in [0.25, 0.3) is 0 Å². The van der Waals surface area contributed by atoms with Crippen LogP contribution in [0.5, 0.6) is 0 Å². The molecule has 1 fully saturated rings. The van der Waals surface area contributed by atoms with E-state index < -0.39 is 12.1 Å². The van der Waals surface area contributed by atoms with Gasteiger partial charge in [-0.2, -0.15) is 0 Å². The van der Waals surface area contributed by atoms with Crippen LogP contribution in [-0.2, 0) is 14.3 Å². The van der Waals surface area contributed by atoms with Crippen molar-refractivity contribution >= 4 is 18.0 Å². The highest BCUT2D eigenvalue weighted by Gasteiger charge is 2.35. The van der Waals surface area contributed by atoms with Crippen LogP contribution in [-0.4, -0.2) is 42.3 Å². The molecule has 4 rings (SSSR count). The van der Waals surface area contributed by atoms with Crippen molar-refractivity contribution in [3.05, 3.63) is 71.3 Å². The molecule has 2 amide bonds. The molecule has 2 atom stereocenters. The molecular weight excluding hydrogens is 420 g/mol. The van der Waals surface area contributed by atoms with Crippen LogP contribution < -0.4 is 10.6 Å². The van der Waals surface area contributed by atoms with Gasteiger partial charge in [0.05, 0.1) is 5.92 Å². The summed E-state index contributed by atoms with van der Waals surface area (Å²) in [5.41, 5.74) is 4.81. The molecule has 0 aromatic heterocycles. The minimum atomic E-state index is -1.01. The highest BCUT2D eigenvalue weighted by atomic mass is 16.5. The number of rotatable bonds is 7. The zero-order chi connectivity index (χ0) is 23.4. The van der Waals surface area contributed by atoms with Gasteiger partial charge in [0.1, 0.15) is 6.61 Å². The van der Waals surface area contributed by atoms with Crippen LogP contribution >= 0.6 is 0 Å². The zero-order valence-electron chi connectivity index (χ0n) is 18.5. The number of carboxylic acids is 1. The second kappa shape index (κ2) is 9.90. The van der Waals surface area contributed by atoms with Crippen molar-refractivity contribution in [1.82, 2.24) is 10.6 Å². The Labute approximate surface area is 192 Å². The van der Waals surface area contributed by atoms with Crippen LogP contribution in [0.25, 0.3) is 11.1 Å². The monoisotopic (exact) mass is 448 g/mol. The Balaban J connectivity index is 1.33. The van der Waals surface area contributed by atoms with Crippen molar-refractivity contribution in [1.29, 1.82) is 0 Å². The molecule has 2 aromatic rings. The number of carbonyl (C=O) groups is 3. The van der Waals surface area contributed by atoms with E-state index in [1.807, 2.05) is 24.3 Å². The van der Waals surface area contributed by atoms with Gasteiger partial charge in [0.2, 0.25) is 5.91 Å². The van der Waals surface area contributed by atoms with Gasteiger partial charge in [0.15, 0.2) is 0 Å². The first-order valence-electron chi connectivity index (χ1n) is 11.2. The van der Waals surface area contributed by atoms with Gasteiger partial charge in [-0.25, -0.2) is 9.59 Å². The van der Waals surface area contributed by atoms with Gasteiger partial charge >= 0.3 is 12.1 Å². The highest BCUT2D eigenvalue weighted by Crippen LogP contribution is 2.44. The van der Waals surface area contributed by atoms with Gasteiger partial charge in [0, 0.05) is 24.1 Å². The predicted molar refractivity (Wildman–Crippen MR) is 124 cm³/mol. The molecule has 1 saturated carbocycles. The van der Waals surface area contributed by atoms with Gasteiger partial charge in [-0.1, -0.05) is 61.0 Å². The molecule has 7 nitrogen and oxygen atoms in total. The number of amides is 2. The largest absolute Gasteiger partial charge is 0.478 e. The molecule has 3 N–H and O–H groups in total. The molecule has 0 heterocycles. The van der Waals surface area contributed by atoms with E-state index in [4.69, 9.17) is 9.84 Å². The van der Waals surface area contributed by atoms with Crippen LogP contribution in [0.4, 0.5) is 4.79 Å². The van der Waals surface area contributed by atoms with Gasteiger partial charge in [-0.3, -0.25) is 4.79 Å². The van der Waals surface area contributed by atoms with E-state index in [0.29, 0.717) is 12.8 Å². The Hall–Kier alpha value is -3.61. The molecule has 7 heteroatoms. The fraction of sp³-hybridized carbons (Fsp3) is 0.346. The minimum absolute atomic E-state index is 0.0184. The van der Waals surface area contributed by atoms with E-state index in [-0.39, 0.29) is 42.5 Å². The average Bonchev–Trinajstić information content (AvgIpc) is 3.40. The molecule has 2 aliphatic rings. The number of aliphatic carboxylic acids is 1. The standard InChI is InChI=1S/C26H28N2O5/c1-16(25(30)31)13-14-27-24(29)21-11-6-12-23(21)28-26(32)33-15-22-19-9-4-2-7-17(19)18-8-3-5-10-20(18)22/h2-5,7-10,13,21-23H,6,11-12,14-15H2,1H3,(H,27,29)(H,28,32)(H,30,31)/b16-13+/t21-,23+/m0/s1. The maximum Gasteiger partial charge on any atom is 0.407 e. The third kappa shape index (κ3) is 4.92. The summed E-state index contributed by atoms with van der Waals surface area (Å²) in [6.45, 7) is 1.85. The van der Waals surface area contributed by atoms with Gasteiger partial charge < -0.3 is 20.5 Å². The molecule has 0 unspecified atom stereocenters. The maximum atomic E-state index is 12.6. The van der Waals surface area contributed by atoms with Crippen molar-refractivity contribution < 1.29 is 24.2 Å². The van der Waals surface area contributed by atoms with Crippen LogP contribution in [0.2, 0.25) is 0 Å². The van der Waals surface area contributed by atoms with Gasteiger partial charge in [-0.05, 0) is 42.0 Å². The minimum Gasteiger partial charge on any atom is -0.478 e. The van der Waals surface area contributed by atoms with Crippen molar-refractivity contribution in [2.75, 3.05) is 13.2 Å². The molecule has 172 valence electrons. The lowest BCUT2D eigenvalue weighted by Crippen LogP contribution is -2.44. The smallest absolute Gasteiger partial charge is 0.407 e. The van der Waals surface area contributed by atoms with E-state index in [1.165, 1.54) is 24.1 Å². The number of hydrogen-bond acceptors (Lipinski definition) is 4. The van der Waals surface area contributed by atoms with Crippen molar-refractivity contribution in [3.63, 3.8) is 0 Å². The Morgan fingerprint density at radius 2 is 1.67 bits per heavy atom. The quantitative estimate of drug-likeness (QED) is 0.558. The first kappa shape index (κ1) is 22.6. The lowest BCUT2D eigenvalue weighted by Gasteiger charge is -2.21. The number of nitrogens with one attached hydrogen (secondary N) is 2. The van der Waals surface area contributed by atoms with Crippen LogP contribution in [0, 0.1) is 5.92 Å². The maximum absolute atomic E-state index is 12.6. The summed E-state index contributed by atoms with van der Waals surface area (Å²) >= 11 is 0. The second-order valence-corrected chi connectivity index (χ2v) is 8.55. The number of ether oxygens (including phenoxy) is 1. The Bertz CT molecular complexity index is 1050. The number of carbonyl (C=O) groups excluding carboxylic acids is 2. The number of hydrogen-bond donors (Lipinski definition) is 3. The van der Waals surface area contributed by atoms with E-state index in [9.17, 15) is 14.4 Å². The summed E-state index contributed by atoms with van der Waals surface area (Å²) in [6.07, 6.45) is 3.14. The summed E-state index contributed by atoms with van der Waals surface area (Å²) in [4.78, 5) is 36.0. The molecule has 0 saturated heterocycles. The summed E-state index contributed by atoms with van der Waals surface area (Å²) in [5, 5.41) is 14.5. The topological polar surface area (TPSA) is 105 Å².